The summed E-state index contributed by atoms with van der Waals surface area (Å²) < 4.78 is 41.6. The lowest BCUT2D eigenvalue weighted by molar-refractivity contribution is 0.153. The van der Waals surface area contributed by atoms with Crippen molar-refractivity contribution in [2.75, 3.05) is 0 Å². The zero-order valence-electron chi connectivity index (χ0n) is 11.4. The van der Waals surface area contributed by atoms with Gasteiger partial charge in [0.15, 0.2) is 5.65 Å². The highest BCUT2D eigenvalue weighted by Gasteiger charge is 2.21. The zero-order valence-corrected chi connectivity index (χ0v) is 11.4. The minimum atomic E-state index is -2.63. The molecule has 0 saturated heterocycles. The van der Waals surface area contributed by atoms with Crippen LogP contribution in [-0.2, 0) is 0 Å². The van der Waals surface area contributed by atoms with Gasteiger partial charge in [-0.2, -0.15) is 5.10 Å². The molecule has 0 unspecified atom stereocenters. The Balaban J connectivity index is 2.39. The Kier molecular flexibility index (Phi) is 3.16. The molecule has 2 heterocycles. The molecule has 0 aliphatic rings. The summed E-state index contributed by atoms with van der Waals surface area (Å²) in [5, 5.41) is 4.46. The molecule has 0 N–H and O–H groups in total. The van der Waals surface area contributed by atoms with Gasteiger partial charge in [0.2, 0.25) is 0 Å². The average Bonchev–Trinajstić information content (AvgIpc) is 2.75. The Hall–Kier alpha value is -2.37. The van der Waals surface area contributed by atoms with Crippen LogP contribution >= 0.6 is 0 Å². The van der Waals surface area contributed by atoms with Gasteiger partial charge in [-0.3, -0.25) is 0 Å². The molecule has 0 aliphatic heterocycles. The minimum absolute atomic E-state index is 0.127. The van der Waals surface area contributed by atoms with Crippen LogP contribution < -0.4 is 0 Å². The second-order valence-electron chi connectivity index (χ2n) is 4.80. The molecule has 0 bridgehead atoms. The number of nitrogens with zero attached hydrogens (tertiary/aromatic N) is 3. The lowest BCUT2D eigenvalue weighted by Gasteiger charge is -2.06. The number of alkyl halides is 2. The molecule has 0 saturated carbocycles. The number of aromatic nitrogens is 3. The first-order valence-electron chi connectivity index (χ1n) is 6.39. The fraction of sp³-hybridized carbons (Fsp3) is 0.200. The number of pyridine rings is 1. The molecule has 2 aromatic heterocycles. The van der Waals surface area contributed by atoms with Gasteiger partial charge in [0.1, 0.15) is 11.5 Å². The molecule has 21 heavy (non-hydrogen) atoms. The van der Waals surface area contributed by atoms with Gasteiger partial charge in [0.25, 0.3) is 6.43 Å². The molecule has 0 fully saturated rings. The fourth-order valence-corrected chi connectivity index (χ4v) is 2.42. The van der Waals surface area contributed by atoms with Crippen LogP contribution in [0.25, 0.3) is 16.7 Å². The fourth-order valence-electron chi connectivity index (χ4n) is 2.42. The van der Waals surface area contributed by atoms with E-state index in [-0.39, 0.29) is 22.3 Å². The number of fused-ring (bicyclic) bond motifs is 1. The van der Waals surface area contributed by atoms with E-state index in [0.29, 0.717) is 11.4 Å². The first-order valence-corrected chi connectivity index (χ1v) is 6.39. The monoisotopic (exact) mass is 291 g/mol. The zero-order chi connectivity index (χ0) is 15.1. The Morgan fingerprint density at radius 3 is 2.52 bits per heavy atom. The number of hydrogen-bond donors (Lipinski definition) is 0. The van der Waals surface area contributed by atoms with Crippen LogP contribution in [0.2, 0.25) is 0 Å². The lowest BCUT2D eigenvalue weighted by Crippen LogP contribution is -2.02. The van der Waals surface area contributed by atoms with E-state index in [4.69, 9.17) is 0 Å². The highest BCUT2D eigenvalue weighted by molar-refractivity contribution is 5.84. The summed E-state index contributed by atoms with van der Waals surface area (Å²) in [7, 11) is 0. The van der Waals surface area contributed by atoms with Crippen molar-refractivity contribution in [1.82, 2.24) is 14.8 Å². The van der Waals surface area contributed by atoms with E-state index in [1.54, 1.807) is 26.0 Å². The molecule has 6 heteroatoms. The number of benzene rings is 1. The van der Waals surface area contributed by atoms with Gasteiger partial charge in [0.05, 0.1) is 11.1 Å². The smallest absolute Gasteiger partial charge is 0.233 e. The third-order valence-electron chi connectivity index (χ3n) is 3.29. The summed E-state index contributed by atoms with van der Waals surface area (Å²) in [4.78, 5) is 4.26. The molecule has 3 aromatic rings. The summed E-state index contributed by atoms with van der Waals surface area (Å²) in [5.74, 6) is -0.483. The molecule has 0 radical (unpaired) electrons. The summed E-state index contributed by atoms with van der Waals surface area (Å²) in [6.45, 7) is 3.24. The Morgan fingerprint density at radius 1 is 1.14 bits per heavy atom. The molecule has 1 aromatic carbocycles. The summed E-state index contributed by atoms with van der Waals surface area (Å²) >= 11 is 0. The van der Waals surface area contributed by atoms with Crippen LogP contribution in [0.15, 0.2) is 30.3 Å². The van der Waals surface area contributed by atoms with Crippen LogP contribution in [0.5, 0.6) is 0 Å². The van der Waals surface area contributed by atoms with Crippen LogP contribution in [0.3, 0.4) is 0 Å². The maximum absolute atomic E-state index is 13.9. The highest BCUT2D eigenvalue weighted by atomic mass is 19.3. The molecule has 108 valence electrons. The van der Waals surface area contributed by atoms with E-state index in [0.717, 1.165) is 0 Å². The van der Waals surface area contributed by atoms with E-state index >= 15 is 0 Å². The van der Waals surface area contributed by atoms with Crippen molar-refractivity contribution in [2.45, 2.75) is 20.3 Å². The predicted octanol–water partition coefficient (Wildman–Crippen LogP) is 4.11. The van der Waals surface area contributed by atoms with Gasteiger partial charge < -0.3 is 0 Å². The maximum atomic E-state index is 13.9. The van der Waals surface area contributed by atoms with E-state index in [9.17, 15) is 13.2 Å². The standard InChI is InChI=1S/C15H12F3N3/c1-8-7-10(14(17)18)13-9(2)20-21(15(13)19-8)12-6-4-3-5-11(12)16/h3-7,14H,1-2H3. The third-order valence-corrected chi connectivity index (χ3v) is 3.29. The SMILES string of the molecule is Cc1cc(C(F)F)c2c(C)nn(-c3ccccc3F)c2n1. The molecule has 0 amide bonds. The topological polar surface area (TPSA) is 30.7 Å². The molecule has 3 rings (SSSR count). The molecule has 0 spiro atoms. The Labute approximate surface area is 119 Å². The largest absolute Gasteiger partial charge is 0.264 e. The molecule has 0 aliphatic carbocycles. The first-order chi connectivity index (χ1) is 9.99. The minimum Gasteiger partial charge on any atom is -0.233 e. The van der Waals surface area contributed by atoms with E-state index < -0.39 is 12.2 Å². The second kappa shape index (κ2) is 4.87. The number of para-hydroxylation sites is 1. The summed E-state index contributed by atoms with van der Waals surface area (Å²) in [6, 6.07) is 7.38. The highest BCUT2D eigenvalue weighted by Crippen LogP contribution is 2.31. The van der Waals surface area contributed by atoms with Gasteiger partial charge >= 0.3 is 0 Å². The van der Waals surface area contributed by atoms with E-state index in [2.05, 4.69) is 10.1 Å². The van der Waals surface area contributed by atoms with Crippen molar-refractivity contribution < 1.29 is 13.2 Å². The van der Waals surface area contributed by atoms with Gasteiger partial charge in [-0.25, -0.2) is 22.8 Å². The van der Waals surface area contributed by atoms with Crippen LogP contribution in [0.4, 0.5) is 13.2 Å². The quantitative estimate of drug-likeness (QED) is 0.711. The number of halogens is 3. The van der Waals surface area contributed by atoms with E-state index in [1.807, 2.05) is 0 Å². The Morgan fingerprint density at radius 2 is 1.86 bits per heavy atom. The third kappa shape index (κ3) is 2.16. The van der Waals surface area contributed by atoms with Crippen molar-refractivity contribution in [3.63, 3.8) is 0 Å². The van der Waals surface area contributed by atoms with Gasteiger partial charge in [-0.05, 0) is 32.0 Å². The average molecular weight is 291 g/mol. The van der Waals surface area contributed by atoms with Crippen molar-refractivity contribution in [2.24, 2.45) is 0 Å². The number of rotatable bonds is 2. The first kappa shape index (κ1) is 13.6. The number of hydrogen-bond acceptors (Lipinski definition) is 2. The molecule has 3 nitrogen and oxygen atoms in total. The maximum Gasteiger partial charge on any atom is 0.264 e. The predicted molar refractivity (Wildman–Crippen MR) is 73.3 cm³/mol. The normalized spacial score (nSPS) is 11.5. The van der Waals surface area contributed by atoms with Crippen molar-refractivity contribution in [3.05, 3.63) is 53.1 Å². The molecular weight excluding hydrogens is 279 g/mol. The van der Waals surface area contributed by atoms with Crippen LogP contribution in [0.1, 0.15) is 23.4 Å². The van der Waals surface area contributed by atoms with Gasteiger partial charge in [0, 0.05) is 11.3 Å². The number of aryl methyl sites for hydroxylation is 2. The Bertz CT molecular complexity index is 824. The van der Waals surface area contributed by atoms with Crippen LogP contribution in [-0.4, -0.2) is 14.8 Å². The van der Waals surface area contributed by atoms with Crippen LogP contribution in [0, 0.1) is 19.7 Å². The summed E-state index contributed by atoms with van der Waals surface area (Å²) in [5.41, 5.74) is 1.14. The molecule has 0 atom stereocenters. The van der Waals surface area contributed by atoms with E-state index in [1.165, 1.54) is 22.9 Å². The summed E-state index contributed by atoms with van der Waals surface area (Å²) in [6.07, 6.45) is -2.63. The van der Waals surface area contributed by atoms with Crippen molar-refractivity contribution >= 4 is 11.0 Å². The molecular formula is C15H12F3N3. The lowest BCUT2D eigenvalue weighted by atomic mass is 10.1. The van der Waals surface area contributed by atoms with Gasteiger partial charge in [-0.1, -0.05) is 12.1 Å². The van der Waals surface area contributed by atoms with Gasteiger partial charge in [-0.15, -0.1) is 0 Å². The van der Waals surface area contributed by atoms with Crippen molar-refractivity contribution in [3.8, 4) is 5.69 Å². The van der Waals surface area contributed by atoms with Crippen molar-refractivity contribution in [1.29, 1.82) is 0 Å². The second-order valence-corrected chi connectivity index (χ2v) is 4.80.